The van der Waals surface area contributed by atoms with Crippen LogP contribution in [0.25, 0.3) is 18.2 Å². The second-order valence-electron chi connectivity index (χ2n) is 11.7. The van der Waals surface area contributed by atoms with Crippen LogP contribution in [-0.2, 0) is 0 Å². The van der Waals surface area contributed by atoms with Crippen LogP contribution >= 0.6 is 0 Å². The third-order valence-corrected chi connectivity index (χ3v) is 6.56. The van der Waals surface area contributed by atoms with Crippen molar-refractivity contribution in [2.24, 2.45) is 0 Å². The van der Waals surface area contributed by atoms with Crippen molar-refractivity contribution in [2.75, 3.05) is 16.0 Å². The zero-order chi connectivity index (χ0) is 28.4. The van der Waals surface area contributed by atoms with E-state index in [1.807, 2.05) is 78.0 Å². The fraction of sp³-hybridized carbons (Fsp3) is 0.273. The Kier molecular flexibility index (Phi) is 9.04. The molecule has 3 aromatic rings. The molecule has 6 rings (SSSR count). The van der Waals surface area contributed by atoms with Gasteiger partial charge in [-0.05, 0) is 58.2 Å². The van der Waals surface area contributed by atoms with Crippen LogP contribution in [0, 0.1) is 0 Å². The van der Waals surface area contributed by atoms with Gasteiger partial charge in [-0.2, -0.15) is 0 Å². The SMILES string of the molecule is CC1(C)C=Cc2cccc([O-])c2N1.CC1(C)C=Cc2cccc([O-])c2N1.CC1(C)C=Cc2cccc([O-])c2N1.[Al+3]. The smallest absolute Gasteiger partial charge is 0.871 e. The molecule has 3 aliphatic heterocycles. The van der Waals surface area contributed by atoms with E-state index in [9.17, 15) is 15.3 Å². The van der Waals surface area contributed by atoms with Gasteiger partial charge in [0, 0.05) is 17.1 Å². The molecule has 0 aliphatic carbocycles. The Morgan fingerprint density at radius 3 is 0.950 bits per heavy atom. The first-order valence-electron chi connectivity index (χ1n) is 13.1. The summed E-state index contributed by atoms with van der Waals surface area (Å²) >= 11 is 0. The molecular formula is C33H36AlN3O3. The van der Waals surface area contributed by atoms with Crippen molar-refractivity contribution in [3.8, 4) is 17.2 Å². The Bertz CT molecular complexity index is 1280. The van der Waals surface area contributed by atoms with Crippen molar-refractivity contribution < 1.29 is 15.3 Å². The van der Waals surface area contributed by atoms with E-state index in [1.165, 1.54) is 0 Å². The number of rotatable bonds is 0. The Balaban J connectivity index is 0.000000163. The van der Waals surface area contributed by atoms with Crippen LogP contribution < -0.4 is 31.3 Å². The topological polar surface area (TPSA) is 105 Å². The molecule has 0 aromatic heterocycles. The second-order valence-corrected chi connectivity index (χ2v) is 11.7. The molecule has 7 heteroatoms. The van der Waals surface area contributed by atoms with Gasteiger partial charge in [-0.15, -0.1) is 0 Å². The molecule has 0 spiro atoms. The van der Waals surface area contributed by atoms with Gasteiger partial charge in [-0.1, -0.05) is 108 Å². The van der Waals surface area contributed by atoms with E-state index in [1.54, 1.807) is 36.4 Å². The van der Waals surface area contributed by atoms with Crippen LogP contribution in [0.5, 0.6) is 17.2 Å². The summed E-state index contributed by atoms with van der Waals surface area (Å²) in [6.07, 6.45) is 12.2. The van der Waals surface area contributed by atoms with Crippen molar-refractivity contribution in [1.82, 2.24) is 0 Å². The van der Waals surface area contributed by atoms with Gasteiger partial charge < -0.3 is 31.3 Å². The van der Waals surface area contributed by atoms with Crippen LogP contribution in [0.4, 0.5) is 17.1 Å². The minimum Gasteiger partial charge on any atom is -0.871 e. The van der Waals surface area contributed by atoms with Crippen LogP contribution in [0.3, 0.4) is 0 Å². The number of fused-ring (bicyclic) bond motifs is 3. The third kappa shape index (κ3) is 7.44. The Morgan fingerprint density at radius 1 is 0.450 bits per heavy atom. The molecule has 3 aromatic carbocycles. The Morgan fingerprint density at radius 2 is 0.700 bits per heavy atom. The molecule has 0 atom stereocenters. The predicted molar refractivity (Wildman–Crippen MR) is 164 cm³/mol. The molecule has 3 N–H and O–H groups in total. The summed E-state index contributed by atoms with van der Waals surface area (Å²) in [5, 5.41) is 44.0. The van der Waals surface area contributed by atoms with Crippen molar-refractivity contribution >= 4 is 52.7 Å². The predicted octanol–water partition coefficient (Wildman–Crippen LogP) is 5.55. The average Bonchev–Trinajstić information content (AvgIpc) is 2.86. The summed E-state index contributed by atoms with van der Waals surface area (Å²) in [5.41, 5.74) is 4.74. The summed E-state index contributed by atoms with van der Waals surface area (Å²) < 4.78 is 0. The summed E-state index contributed by atoms with van der Waals surface area (Å²) in [5.74, 6) is 0.194. The van der Waals surface area contributed by atoms with Crippen LogP contribution in [0.2, 0.25) is 0 Å². The van der Waals surface area contributed by atoms with E-state index < -0.39 is 0 Å². The molecule has 0 saturated carbocycles. The van der Waals surface area contributed by atoms with Gasteiger partial charge in [0.15, 0.2) is 0 Å². The van der Waals surface area contributed by atoms with Gasteiger partial charge in [0.25, 0.3) is 0 Å². The maximum absolute atomic E-state index is 11.5. The molecule has 0 amide bonds. The molecule has 0 saturated heterocycles. The van der Waals surface area contributed by atoms with E-state index in [0.717, 1.165) is 33.8 Å². The fourth-order valence-electron chi connectivity index (χ4n) is 4.45. The minimum absolute atomic E-state index is 0. The van der Waals surface area contributed by atoms with Gasteiger partial charge in [0.1, 0.15) is 0 Å². The number of para-hydroxylation sites is 3. The van der Waals surface area contributed by atoms with Gasteiger partial charge >= 0.3 is 17.4 Å². The quantitative estimate of drug-likeness (QED) is 0.318. The third-order valence-electron chi connectivity index (χ3n) is 6.56. The average molecular weight is 550 g/mol. The van der Waals surface area contributed by atoms with Gasteiger partial charge in [0.05, 0.1) is 16.6 Å². The van der Waals surface area contributed by atoms with Crippen molar-refractivity contribution in [3.63, 3.8) is 0 Å². The van der Waals surface area contributed by atoms with Crippen LogP contribution in [0.1, 0.15) is 58.2 Å². The number of hydrogen-bond donors (Lipinski definition) is 3. The first-order valence-corrected chi connectivity index (χ1v) is 13.1. The first-order chi connectivity index (χ1) is 18.3. The zero-order valence-electron chi connectivity index (χ0n) is 24.0. The summed E-state index contributed by atoms with van der Waals surface area (Å²) in [7, 11) is 0. The van der Waals surface area contributed by atoms with Crippen molar-refractivity contribution in [3.05, 3.63) is 89.5 Å². The molecule has 0 fully saturated rings. The van der Waals surface area contributed by atoms with Crippen molar-refractivity contribution in [2.45, 2.75) is 58.2 Å². The molecule has 3 aliphatic rings. The minimum atomic E-state index is -0.118. The van der Waals surface area contributed by atoms with E-state index in [-0.39, 0.29) is 51.2 Å². The second kappa shape index (κ2) is 11.8. The molecule has 40 heavy (non-hydrogen) atoms. The summed E-state index contributed by atoms with van der Waals surface area (Å²) in [6.45, 7) is 12.2. The Hall–Kier alpha value is -3.79. The molecule has 6 nitrogen and oxygen atoms in total. The molecule has 3 heterocycles. The molecular weight excluding hydrogens is 513 g/mol. The normalized spacial score (nSPS) is 17.2. The van der Waals surface area contributed by atoms with Crippen molar-refractivity contribution in [1.29, 1.82) is 0 Å². The molecule has 0 unspecified atom stereocenters. The van der Waals surface area contributed by atoms with E-state index >= 15 is 0 Å². The maximum atomic E-state index is 11.5. The van der Waals surface area contributed by atoms with E-state index in [2.05, 4.69) is 34.2 Å². The largest absolute Gasteiger partial charge is 3.00 e. The standard InChI is InChI=1S/3C11H13NO.Al/c3*1-11(2)7-6-8-4-3-5-9(13)10(8)12-11;/h3*3-7,12-13H,1-2H3;/q;;;+3/p-3. The van der Waals surface area contributed by atoms with Gasteiger partial charge in [-0.3, -0.25) is 0 Å². The zero-order valence-corrected chi connectivity index (χ0v) is 25.1. The first kappa shape index (κ1) is 30.7. The van der Waals surface area contributed by atoms with Crippen LogP contribution in [-0.4, -0.2) is 34.0 Å². The number of anilines is 3. The van der Waals surface area contributed by atoms with Crippen LogP contribution in [0.15, 0.2) is 72.8 Å². The number of hydrogen-bond acceptors (Lipinski definition) is 6. The van der Waals surface area contributed by atoms with E-state index in [0.29, 0.717) is 0 Å². The molecule has 0 bridgehead atoms. The number of benzene rings is 3. The molecule has 0 radical (unpaired) electrons. The molecule has 204 valence electrons. The number of nitrogens with one attached hydrogen (secondary N) is 3. The summed E-state index contributed by atoms with van der Waals surface area (Å²) in [6, 6.07) is 15.9. The van der Waals surface area contributed by atoms with Gasteiger partial charge in [-0.25, -0.2) is 0 Å². The maximum Gasteiger partial charge on any atom is 3.00 e. The monoisotopic (exact) mass is 549 g/mol. The summed E-state index contributed by atoms with van der Waals surface area (Å²) in [4.78, 5) is 0. The fourth-order valence-corrected chi connectivity index (χ4v) is 4.45. The van der Waals surface area contributed by atoms with E-state index in [4.69, 9.17) is 0 Å². The Labute approximate surface area is 248 Å². The van der Waals surface area contributed by atoms with Gasteiger partial charge in [0.2, 0.25) is 0 Å².